The van der Waals surface area contributed by atoms with Crippen LogP contribution < -0.4 is 0 Å². The first-order valence-corrected chi connectivity index (χ1v) is 7.08. The lowest BCUT2D eigenvalue weighted by Gasteiger charge is -2.30. The molecule has 1 aromatic rings. The fourth-order valence-corrected chi connectivity index (χ4v) is 2.81. The molecule has 1 atom stereocenters. The van der Waals surface area contributed by atoms with E-state index < -0.39 is 11.4 Å². The maximum Gasteiger partial charge on any atom is 0.320 e. The van der Waals surface area contributed by atoms with Gasteiger partial charge in [-0.3, -0.25) is 4.79 Å². The highest BCUT2D eigenvalue weighted by Gasteiger charge is 2.48. The fraction of sp³-hybridized carbons (Fsp3) is 0.643. The number of carboxylic acid groups (broad SMARTS) is 1. The highest BCUT2D eigenvalue weighted by molar-refractivity contribution is 5.80. The maximum absolute atomic E-state index is 12.4. The summed E-state index contributed by atoms with van der Waals surface area (Å²) < 4.78 is 0. The molecule has 2 rings (SSSR count). The zero-order valence-electron chi connectivity index (χ0n) is 12.7. The van der Waals surface area contributed by atoms with E-state index in [-0.39, 0.29) is 18.5 Å². The molecule has 0 aromatic carbocycles. The normalized spacial score (nSPS) is 21.8. The van der Waals surface area contributed by atoms with Crippen LogP contribution in [0.2, 0.25) is 0 Å². The van der Waals surface area contributed by atoms with Crippen LogP contribution in [-0.2, 0) is 11.3 Å². The Balaban J connectivity index is 2.03. The van der Waals surface area contributed by atoms with E-state index in [4.69, 9.17) is 0 Å². The lowest BCUT2D eigenvalue weighted by Crippen LogP contribution is -2.44. The average Bonchev–Trinajstić information content (AvgIpc) is 3.06. The van der Waals surface area contributed by atoms with E-state index >= 15 is 0 Å². The van der Waals surface area contributed by atoms with Gasteiger partial charge in [0.1, 0.15) is 5.82 Å². The minimum Gasteiger partial charge on any atom is -0.481 e. The second-order valence-corrected chi connectivity index (χ2v) is 5.96. The van der Waals surface area contributed by atoms with Crippen molar-refractivity contribution in [3.05, 3.63) is 18.2 Å². The number of carboxylic acids is 1. The number of aromatic amines is 1. The number of aromatic nitrogens is 2. The third-order valence-corrected chi connectivity index (χ3v) is 4.37. The molecule has 116 valence electrons. The van der Waals surface area contributed by atoms with Crippen LogP contribution in [0, 0.1) is 11.3 Å². The molecular formula is C14H22N4O3. The summed E-state index contributed by atoms with van der Waals surface area (Å²) in [6.45, 7) is 4.92. The molecule has 0 bridgehead atoms. The number of likely N-dealkylation sites (tertiary alicyclic amines) is 1. The Bertz CT molecular complexity index is 514. The van der Waals surface area contributed by atoms with Crippen molar-refractivity contribution in [1.82, 2.24) is 19.8 Å². The van der Waals surface area contributed by atoms with Crippen molar-refractivity contribution < 1.29 is 14.7 Å². The lowest BCUT2D eigenvalue weighted by molar-refractivity contribution is -0.150. The number of amides is 2. The molecule has 1 aromatic heterocycles. The highest BCUT2D eigenvalue weighted by Crippen LogP contribution is 2.38. The van der Waals surface area contributed by atoms with E-state index in [0.29, 0.717) is 25.3 Å². The molecule has 1 aliphatic rings. The number of nitrogens with zero attached hydrogens (tertiary/aromatic N) is 3. The van der Waals surface area contributed by atoms with E-state index in [9.17, 15) is 14.7 Å². The van der Waals surface area contributed by atoms with Crippen LogP contribution in [0.25, 0.3) is 0 Å². The quantitative estimate of drug-likeness (QED) is 0.878. The van der Waals surface area contributed by atoms with Gasteiger partial charge in [-0.25, -0.2) is 9.78 Å². The zero-order chi connectivity index (χ0) is 15.6. The predicted octanol–water partition coefficient (Wildman–Crippen LogP) is 1.39. The molecule has 2 N–H and O–H groups in total. The molecule has 0 saturated carbocycles. The number of nitrogens with one attached hydrogen (secondary N) is 1. The summed E-state index contributed by atoms with van der Waals surface area (Å²) in [5.74, 6) is -0.122. The second-order valence-electron chi connectivity index (χ2n) is 5.96. The first kappa shape index (κ1) is 15.3. The van der Waals surface area contributed by atoms with Gasteiger partial charge in [0.25, 0.3) is 0 Å². The largest absolute Gasteiger partial charge is 0.481 e. The molecule has 21 heavy (non-hydrogen) atoms. The lowest BCUT2D eigenvalue weighted by atomic mass is 9.76. The van der Waals surface area contributed by atoms with Crippen LogP contribution in [0.15, 0.2) is 12.4 Å². The van der Waals surface area contributed by atoms with Gasteiger partial charge < -0.3 is 19.9 Å². The van der Waals surface area contributed by atoms with Crippen molar-refractivity contribution in [3.8, 4) is 0 Å². The van der Waals surface area contributed by atoms with Crippen molar-refractivity contribution in [3.63, 3.8) is 0 Å². The minimum absolute atomic E-state index is 0.0109. The summed E-state index contributed by atoms with van der Waals surface area (Å²) in [6.07, 6.45) is 3.84. The van der Waals surface area contributed by atoms with Gasteiger partial charge in [0, 0.05) is 32.5 Å². The predicted molar refractivity (Wildman–Crippen MR) is 76.5 cm³/mol. The van der Waals surface area contributed by atoms with E-state index in [0.717, 1.165) is 0 Å². The third kappa shape index (κ3) is 2.86. The van der Waals surface area contributed by atoms with Crippen LogP contribution in [-0.4, -0.2) is 57.0 Å². The summed E-state index contributed by atoms with van der Waals surface area (Å²) in [5.41, 5.74) is -0.832. The molecule has 0 radical (unpaired) electrons. The van der Waals surface area contributed by atoms with Crippen molar-refractivity contribution in [1.29, 1.82) is 0 Å². The number of carbonyl (C=O) groups is 2. The summed E-state index contributed by atoms with van der Waals surface area (Å²) in [7, 11) is 1.70. The molecule has 1 unspecified atom stereocenters. The topological polar surface area (TPSA) is 89.5 Å². The molecule has 1 aliphatic heterocycles. The molecule has 7 heteroatoms. The molecule has 0 spiro atoms. The Morgan fingerprint density at radius 1 is 1.57 bits per heavy atom. The number of carbonyl (C=O) groups excluding carboxylic acids is 1. The van der Waals surface area contributed by atoms with E-state index in [2.05, 4.69) is 9.97 Å². The second kappa shape index (κ2) is 5.75. The first-order valence-electron chi connectivity index (χ1n) is 7.08. The van der Waals surface area contributed by atoms with Gasteiger partial charge in [-0.1, -0.05) is 13.8 Å². The number of imidazole rings is 1. The number of rotatable bonds is 4. The first-order chi connectivity index (χ1) is 9.86. The Labute approximate surface area is 124 Å². The maximum atomic E-state index is 12.4. The highest BCUT2D eigenvalue weighted by atomic mass is 16.4. The summed E-state index contributed by atoms with van der Waals surface area (Å²) >= 11 is 0. The number of hydrogen-bond donors (Lipinski definition) is 2. The minimum atomic E-state index is -0.832. The average molecular weight is 294 g/mol. The van der Waals surface area contributed by atoms with Crippen LogP contribution in [0.3, 0.4) is 0 Å². The van der Waals surface area contributed by atoms with E-state index in [1.807, 2.05) is 13.8 Å². The smallest absolute Gasteiger partial charge is 0.320 e. The van der Waals surface area contributed by atoms with Gasteiger partial charge in [-0.15, -0.1) is 0 Å². The van der Waals surface area contributed by atoms with Gasteiger partial charge >= 0.3 is 12.0 Å². The van der Waals surface area contributed by atoms with Crippen LogP contribution in [0.4, 0.5) is 4.79 Å². The molecule has 0 aliphatic carbocycles. The Morgan fingerprint density at radius 2 is 2.29 bits per heavy atom. The molecule has 1 saturated heterocycles. The van der Waals surface area contributed by atoms with Crippen molar-refractivity contribution in [2.24, 2.45) is 11.3 Å². The van der Waals surface area contributed by atoms with Gasteiger partial charge in [-0.2, -0.15) is 0 Å². The monoisotopic (exact) mass is 294 g/mol. The van der Waals surface area contributed by atoms with Crippen molar-refractivity contribution in [2.45, 2.75) is 26.8 Å². The van der Waals surface area contributed by atoms with E-state index in [1.54, 1.807) is 29.2 Å². The van der Waals surface area contributed by atoms with Gasteiger partial charge in [-0.05, 0) is 12.3 Å². The Morgan fingerprint density at radius 3 is 2.76 bits per heavy atom. The third-order valence-electron chi connectivity index (χ3n) is 4.37. The molecule has 1 fully saturated rings. The number of urea groups is 1. The molecular weight excluding hydrogens is 272 g/mol. The molecule has 7 nitrogen and oxygen atoms in total. The SMILES string of the molecule is CC(C)C1(C(=O)O)CCN(C(=O)N(C)Cc2ncc[nH]2)C1. The van der Waals surface area contributed by atoms with Crippen LogP contribution in [0.1, 0.15) is 26.1 Å². The summed E-state index contributed by atoms with van der Waals surface area (Å²) in [5, 5.41) is 9.51. The summed E-state index contributed by atoms with van der Waals surface area (Å²) in [6, 6.07) is -0.157. The number of aliphatic carboxylic acids is 1. The van der Waals surface area contributed by atoms with Crippen molar-refractivity contribution >= 4 is 12.0 Å². The van der Waals surface area contributed by atoms with Gasteiger partial charge in [0.15, 0.2) is 0 Å². The Kier molecular flexibility index (Phi) is 4.20. The van der Waals surface area contributed by atoms with E-state index in [1.165, 1.54) is 0 Å². The number of hydrogen-bond acceptors (Lipinski definition) is 3. The molecule has 2 amide bonds. The van der Waals surface area contributed by atoms with Gasteiger partial charge in [0.2, 0.25) is 0 Å². The van der Waals surface area contributed by atoms with Crippen LogP contribution in [0.5, 0.6) is 0 Å². The number of H-pyrrole nitrogens is 1. The Hall–Kier alpha value is -2.05. The van der Waals surface area contributed by atoms with Crippen molar-refractivity contribution in [2.75, 3.05) is 20.1 Å². The summed E-state index contributed by atoms with van der Waals surface area (Å²) in [4.78, 5) is 34.2. The van der Waals surface area contributed by atoms with Crippen LogP contribution >= 0.6 is 0 Å². The zero-order valence-corrected chi connectivity index (χ0v) is 12.7. The molecule has 2 heterocycles. The standard InChI is InChI=1S/C14H22N4O3/c1-10(2)14(12(19)20)4-7-18(9-14)13(21)17(3)8-11-15-5-6-16-11/h5-6,10H,4,7-9H2,1-3H3,(H,15,16)(H,19,20). The fourth-order valence-electron chi connectivity index (χ4n) is 2.81. The van der Waals surface area contributed by atoms with Gasteiger partial charge in [0.05, 0.1) is 12.0 Å².